The van der Waals surface area contributed by atoms with Gasteiger partial charge in [-0.2, -0.15) is 5.10 Å². The number of rotatable bonds is 5. The van der Waals surface area contributed by atoms with Gasteiger partial charge in [0, 0.05) is 32.8 Å². The summed E-state index contributed by atoms with van der Waals surface area (Å²) < 4.78 is 1.49. The lowest BCUT2D eigenvalue weighted by molar-refractivity contribution is 0.0905. The second-order valence-electron chi connectivity index (χ2n) is 10.3. The van der Waals surface area contributed by atoms with E-state index in [0.717, 1.165) is 27.6 Å². The minimum absolute atomic E-state index is 0.131. The molecule has 0 aliphatic carbocycles. The maximum atomic E-state index is 13.6. The lowest BCUT2D eigenvalue weighted by Gasteiger charge is -2.27. The molecular formula is C29H27Cl2N5O2. The lowest BCUT2D eigenvalue weighted by atomic mass is 9.93. The number of halogens is 2. The van der Waals surface area contributed by atoms with Gasteiger partial charge >= 0.3 is 0 Å². The van der Waals surface area contributed by atoms with Crippen molar-refractivity contribution >= 4 is 45.5 Å². The summed E-state index contributed by atoms with van der Waals surface area (Å²) in [6.07, 6.45) is 3.44. The third-order valence-electron chi connectivity index (χ3n) is 6.72. The van der Waals surface area contributed by atoms with E-state index in [1.807, 2.05) is 58.9 Å². The number of pyridine rings is 1. The molecule has 0 bridgehead atoms. The van der Waals surface area contributed by atoms with Gasteiger partial charge in [-0.1, -0.05) is 49.2 Å². The highest BCUT2D eigenvalue weighted by Gasteiger charge is 2.29. The summed E-state index contributed by atoms with van der Waals surface area (Å²) in [5.41, 5.74) is 3.98. The standard InChI is InChI=1S/C29H27Cl2N5O2/c1-15(2)24-25(27(37)34-29(4,5)18-10-19(30)12-20(31)11-18)35-36-14-23(33-28(38)26(24)36)17-9-21-16(3)7-6-8-22(21)32-13-17/h6-15H,1-5H3,(H,33,38)(H,34,37). The average molecular weight is 548 g/mol. The molecule has 1 amide bonds. The maximum Gasteiger partial charge on any atom is 0.274 e. The normalized spacial score (nSPS) is 12.0. The van der Waals surface area contributed by atoms with E-state index < -0.39 is 11.4 Å². The molecule has 194 valence electrons. The molecule has 2 N–H and O–H groups in total. The number of H-pyrrole nitrogens is 1. The zero-order valence-corrected chi connectivity index (χ0v) is 23.2. The number of aromatic amines is 1. The van der Waals surface area contributed by atoms with Crippen molar-refractivity contribution in [1.82, 2.24) is 24.9 Å². The Morgan fingerprint density at radius 3 is 2.50 bits per heavy atom. The number of nitrogens with zero attached hydrogens (tertiary/aromatic N) is 3. The van der Waals surface area contributed by atoms with Crippen molar-refractivity contribution in [2.24, 2.45) is 0 Å². The van der Waals surface area contributed by atoms with Crippen LogP contribution in [0.2, 0.25) is 10.0 Å². The van der Waals surface area contributed by atoms with Gasteiger partial charge in [0.1, 0.15) is 5.52 Å². The molecule has 3 heterocycles. The molecule has 38 heavy (non-hydrogen) atoms. The number of carbonyl (C=O) groups excluding carboxylic acids is 1. The van der Waals surface area contributed by atoms with Crippen molar-refractivity contribution in [2.75, 3.05) is 0 Å². The summed E-state index contributed by atoms with van der Waals surface area (Å²) in [6.45, 7) is 9.60. The number of hydrogen-bond acceptors (Lipinski definition) is 4. The Bertz CT molecular complexity index is 1770. The molecule has 7 nitrogen and oxygen atoms in total. The first-order valence-corrected chi connectivity index (χ1v) is 13.0. The predicted octanol–water partition coefficient (Wildman–Crippen LogP) is 6.64. The molecule has 0 saturated heterocycles. The summed E-state index contributed by atoms with van der Waals surface area (Å²) in [6, 6.07) is 13.1. The molecule has 5 rings (SSSR count). The largest absolute Gasteiger partial charge is 0.342 e. The first-order chi connectivity index (χ1) is 17.9. The van der Waals surface area contributed by atoms with Crippen molar-refractivity contribution in [2.45, 2.75) is 46.1 Å². The fourth-order valence-corrected chi connectivity index (χ4v) is 5.26. The van der Waals surface area contributed by atoms with Gasteiger partial charge in [0.05, 0.1) is 22.9 Å². The van der Waals surface area contributed by atoms with E-state index in [9.17, 15) is 9.59 Å². The molecule has 3 aromatic heterocycles. The van der Waals surface area contributed by atoms with Gasteiger partial charge in [-0.15, -0.1) is 0 Å². The fourth-order valence-electron chi connectivity index (χ4n) is 4.74. The van der Waals surface area contributed by atoms with E-state index in [4.69, 9.17) is 23.2 Å². The third kappa shape index (κ3) is 4.68. The summed E-state index contributed by atoms with van der Waals surface area (Å²) >= 11 is 12.4. The van der Waals surface area contributed by atoms with Crippen molar-refractivity contribution in [3.63, 3.8) is 0 Å². The molecule has 0 aliphatic rings. The van der Waals surface area contributed by atoms with E-state index in [-0.39, 0.29) is 17.2 Å². The number of aryl methyl sites for hydroxylation is 1. The molecule has 0 fully saturated rings. The van der Waals surface area contributed by atoms with Crippen LogP contribution in [0.15, 0.2) is 59.7 Å². The molecule has 2 aromatic carbocycles. The summed E-state index contributed by atoms with van der Waals surface area (Å²) in [7, 11) is 0. The van der Waals surface area contributed by atoms with Crippen LogP contribution in [0.4, 0.5) is 0 Å². The third-order valence-corrected chi connectivity index (χ3v) is 7.16. The number of carbonyl (C=O) groups is 1. The topological polar surface area (TPSA) is 92.2 Å². The Hall–Kier alpha value is -3.68. The van der Waals surface area contributed by atoms with E-state index >= 15 is 0 Å². The van der Waals surface area contributed by atoms with Gasteiger partial charge in [0.15, 0.2) is 5.69 Å². The van der Waals surface area contributed by atoms with E-state index in [1.54, 1.807) is 30.6 Å². The van der Waals surface area contributed by atoms with E-state index in [1.165, 1.54) is 4.52 Å². The second-order valence-corrected chi connectivity index (χ2v) is 11.2. The Labute approximate surface area is 229 Å². The second kappa shape index (κ2) is 9.57. The monoisotopic (exact) mass is 547 g/mol. The van der Waals surface area contributed by atoms with Gasteiger partial charge in [-0.05, 0) is 68.1 Å². The predicted molar refractivity (Wildman–Crippen MR) is 152 cm³/mol. The maximum absolute atomic E-state index is 13.6. The molecule has 0 saturated carbocycles. The van der Waals surface area contributed by atoms with Gasteiger partial charge in [-0.25, -0.2) is 4.52 Å². The van der Waals surface area contributed by atoms with Crippen LogP contribution < -0.4 is 10.9 Å². The van der Waals surface area contributed by atoms with Crippen LogP contribution in [0.5, 0.6) is 0 Å². The lowest BCUT2D eigenvalue weighted by Crippen LogP contribution is -2.41. The van der Waals surface area contributed by atoms with E-state index in [2.05, 4.69) is 20.4 Å². The molecule has 9 heteroatoms. The van der Waals surface area contributed by atoms with Crippen LogP contribution in [0, 0.1) is 6.92 Å². The minimum atomic E-state index is -0.804. The van der Waals surface area contributed by atoms with E-state index in [0.29, 0.717) is 26.8 Å². The SMILES string of the molecule is Cc1cccc2ncc(-c3cn4nc(C(=O)NC(C)(C)c5cc(Cl)cc(Cl)c5)c(C(C)C)c4c(=O)[nH]3)cc12. The number of aromatic nitrogens is 4. The van der Waals surface area contributed by atoms with Crippen molar-refractivity contribution in [3.05, 3.63) is 97.6 Å². The molecule has 0 aliphatic heterocycles. The molecule has 0 unspecified atom stereocenters. The smallest absolute Gasteiger partial charge is 0.274 e. The Morgan fingerprint density at radius 2 is 1.82 bits per heavy atom. The van der Waals surface area contributed by atoms with Crippen LogP contribution in [0.3, 0.4) is 0 Å². The number of hydrogen-bond donors (Lipinski definition) is 2. The number of nitrogens with one attached hydrogen (secondary N) is 2. The highest BCUT2D eigenvalue weighted by molar-refractivity contribution is 6.34. The van der Waals surface area contributed by atoms with Gasteiger partial charge in [0.25, 0.3) is 11.5 Å². The zero-order valence-electron chi connectivity index (χ0n) is 21.7. The quantitative estimate of drug-likeness (QED) is 0.258. The summed E-state index contributed by atoms with van der Waals surface area (Å²) in [5, 5.41) is 9.57. The average Bonchev–Trinajstić information content (AvgIpc) is 3.24. The molecule has 5 aromatic rings. The number of fused-ring (bicyclic) bond motifs is 2. The highest BCUT2D eigenvalue weighted by Crippen LogP contribution is 2.30. The Balaban J connectivity index is 1.59. The van der Waals surface area contributed by atoms with Crippen LogP contribution in [0.25, 0.3) is 27.7 Å². The van der Waals surface area contributed by atoms with Gasteiger partial charge in [0.2, 0.25) is 0 Å². The van der Waals surface area contributed by atoms with Gasteiger partial charge in [-0.3, -0.25) is 14.6 Å². The summed E-state index contributed by atoms with van der Waals surface area (Å²) in [4.78, 5) is 34.4. The highest BCUT2D eigenvalue weighted by atomic mass is 35.5. The van der Waals surface area contributed by atoms with Crippen LogP contribution in [-0.4, -0.2) is 25.5 Å². The molecule has 0 spiro atoms. The number of amides is 1. The van der Waals surface area contributed by atoms with Crippen molar-refractivity contribution in [1.29, 1.82) is 0 Å². The van der Waals surface area contributed by atoms with Gasteiger partial charge < -0.3 is 10.3 Å². The molecule has 0 atom stereocenters. The van der Waals surface area contributed by atoms with Crippen molar-refractivity contribution in [3.8, 4) is 11.3 Å². The first kappa shape index (κ1) is 25.9. The fraction of sp³-hybridized carbons (Fsp3) is 0.241. The zero-order chi connectivity index (χ0) is 27.4. The van der Waals surface area contributed by atoms with Crippen LogP contribution in [-0.2, 0) is 5.54 Å². The number of benzene rings is 2. The molecular weight excluding hydrogens is 521 g/mol. The van der Waals surface area contributed by atoms with Crippen LogP contribution >= 0.6 is 23.2 Å². The summed E-state index contributed by atoms with van der Waals surface area (Å²) in [5.74, 6) is -0.531. The van der Waals surface area contributed by atoms with Crippen LogP contribution in [0.1, 0.15) is 60.8 Å². The molecule has 0 radical (unpaired) electrons. The Kier molecular flexibility index (Phi) is 6.53. The van der Waals surface area contributed by atoms with Crippen molar-refractivity contribution < 1.29 is 4.79 Å². The first-order valence-electron chi connectivity index (χ1n) is 12.2. The minimum Gasteiger partial charge on any atom is -0.342 e. The Morgan fingerprint density at radius 1 is 1.11 bits per heavy atom.